The fourth-order valence-electron chi connectivity index (χ4n) is 1.74. The number of nitrogens with zero attached hydrogens (tertiary/aromatic N) is 1. The van der Waals surface area contributed by atoms with E-state index in [4.69, 9.17) is 4.74 Å². The Bertz CT molecular complexity index is 748. The topological polar surface area (TPSA) is 68.3 Å². The second-order valence-electron chi connectivity index (χ2n) is 4.33. The zero-order chi connectivity index (χ0) is 15.5. The standard InChI is InChI=1S/C14H15BrN2O3S/c1-3-20-14-12(5-4-8-16-14)17-21(18,19)13-7-6-10(2)9-11(13)15/h4-9,17H,3H2,1-2H3. The van der Waals surface area contributed by atoms with Crippen molar-refractivity contribution in [2.45, 2.75) is 18.7 Å². The van der Waals surface area contributed by atoms with Gasteiger partial charge in [0.25, 0.3) is 10.0 Å². The molecule has 0 fully saturated rings. The number of anilines is 1. The van der Waals surface area contributed by atoms with Crippen LogP contribution in [0.1, 0.15) is 12.5 Å². The van der Waals surface area contributed by atoms with Gasteiger partial charge in [-0.3, -0.25) is 4.72 Å². The molecule has 2 aromatic rings. The molecule has 0 aliphatic heterocycles. The zero-order valence-corrected chi connectivity index (χ0v) is 14.0. The highest BCUT2D eigenvalue weighted by Crippen LogP contribution is 2.28. The predicted octanol–water partition coefficient (Wildman–Crippen LogP) is 3.35. The average Bonchev–Trinajstić information content (AvgIpc) is 2.40. The molecule has 0 saturated heterocycles. The molecule has 112 valence electrons. The number of hydrogen-bond donors (Lipinski definition) is 1. The lowest BCUT2D eigenvalue weighted by molar-refractivity contribution is 0.329. The molecule has 0 aliphatic carbocycles. The fourth-order valence-corrected chi connectivity index (χ4v) is 3.99. The maximum absolute atomic E-state index is 12.5. The molecule has 0 saturated carbocycles. The molecule has 0 radical (unpaired) electrons. The van der Waals surface area contributed by atoms with Gasteiger partial charge < -0.3 is 4.74 Å². The van der Waals surface area contributed by atoms with Crippen molar-refractivity contribution in [2.75, 3.05) is 11.3 Å². The summed E-state index contributed by atoms with van der Waals surface area (Å²) in [5.74, 6) is 0.256. The number of benzene rings is 1. The lowest BCUT2D eigenvalue weighted by Gasteiger charge is -2.12. The fraction of sp³-hybridized carbons (Fsp3) is 0.214. The van der Waals surface area contributed by atoms with Crippen LogP contribution in [0.4, 0.5) is 5.69 Å². The number of aryl methyl sites for hydroxylation is 1. The van der Waals surface area contributed by atoms with Crippen molar-refractivity contribution in [3.05, 3.63) is 46.6 Å². The first-order valence-corrected chi connectivity index (χ1v) is 8.58. The first-order valence-electron chi connectivity index (χ1n) is 6.31. The van der Waals surface area contributed by atoms with Gasteiger partial charge >= 0.3 is 0 Å². The third kappa shape index (κ3) is 3.74. The van der Waals surface area contributed by atoms with Crippen LogP contribution in [-0.4, -0.2) is 20.0 Å². The molecule has 1 aromatic heterocycles. The van der Waals surface area contributed by atoms with E-state index in [1.807, 2.05) is 13.8 Å². The van der Waals surface area contributed by atoms with E-state index in [0.29, 0.717) is 16.8 Å². The van der Waals surface area contributed by atoms with Crippen molar-refractivity contribution in [1.82, 2.24) is 4.98 Å². The number of rotatable bonds is 5. The van der Waals surface area contributed by atoms with Crippen molar-refractivity contribution in [1.29, 1.82) is 0 Å². The summed E-state index contributed by atoms with van der Waals surface area (Å²) in [6, 6.07) is 8.30. The molecule has 0 unspecified atom stereocenters. The van der Waals surface area contributed by atoms with Crippen LogP contribution in [0.15, 0.2) is 45.9 Å². The molecular weight excluding hydrogens is 356 g/mol. The smallest absolute Gasteiger partial charge is 0.263 e. The van der Waals surface area contributed by atoms with Crippen LogP contribution in [0.2, 0.25) is 0 Å². The summed E-state index contributed by atoms with van der Waals surface area (Å²) in [5.41, 5.74) is 1.28. The molecule has 1 aromatic carbocycles. The molecule has 21 heavy (non-hydrogen) atoms. The monoisotopic (exact) mass is 370 g/mol. The average molecular weight is 371 g/mol. The third-order valence-corrected chi connectivity index (χ3v) is 5.02. The maximum Gasteiger partial charge on any atom is 0.263 e. The Hall–Kier alpha value is -1.60. The second kappa shape index (κ2) is 6.44. The molecule has 1 heterocycles. The van der Waals surface area contributed by atoms with Crippen molar-refractivity contribution in [3.63, 3.8) is 0 Å². The van der Waals surface area contributed by atoms with Gasteiger partial charge in [0.1, 0.15) is 10.6 Å². The van der Waals surface area contributed by atoms with Crippen molar-refractivity contribution >= 4 is 31.6 Å². The summed E-state index contributed by atoms with van der Waals surface area (Å²) < 4.78 is 33.3. The highest BCUT2D eigenvalue weighted by atomic mass is 79.9. The zero-order valence-electron chi connectivity index (χ0n) is 11.6. The number of pyridine rings is 1. The van der Waals surface area contributed by atoms with Gasteiger partial charge in [0, 0.05) is 10.7 Å². The van der Waals surface area contributed by atoms with Crippen LogP contribution >= 0.6 is 15.9 Å². The minimum atomic E-state index is -3.72. The highest BCUT2D eigenvalue weighted by molar-refractivity contribution is 9.10. The summed E-state index contributed by atoms with van der Waals surface area (Å²) in [6.45, 7) is 4.10. The molecular formula is C14H15BrN2O3S. The Morgan fingerprint density at radius 3 is 2.76 bits per heavy atom. The number of aromatic nitrogens is 1. The minimum Gasteiger partial charge on any atom is -0.476 e. The summed E-state index contributed by atoms with van der Waals surface area (Å²) in [7, 11) is -3.72. The van der Waals surface area contributed by atoms with E-state index in [-0.39, 0.29) is 10.8 Å². The third-order valence-electron chi connectivity index (χ3n) is 2.67. The van der Waals surface area contributed by atoms with Crippen LogP contribution in [0.25, 0.3) is 0 Å². The summed E-state index contributed by atoms with van der Waals surface area (Å²) in [5, 5.41) is 0. The van der Waals surface area contributed by atoms with Gasteiger partial charge in [-0.25, -0.2) is 13.4 Å². The highest BCUT2D eigenvalue weighted by Gasteiger charge is 2.19. The molecule has 0 spiro atoms. The van der Waals surface area contributed by atoms with E-state index in [1.165, 1.54) is 0 Å². The lowest BCUT2D eigenvalue weighted by atomic mass is 10.2. The van der Waals surface area contributed by atoms with Gasteiger partial charge in [0.2, 0.25) is 5.88 Å². The number of nitrogens with one attached hydrogen (secondary N) is 1. The van der Waals surface area contributed by atoms with Crippen LogP contribution in [0, 0.1) is 6.92 Å². The SMILES string of the molecule is CCOc1ncccc1NS(=O)(=O)c1ccc(C)cc1Br. The van der Waals surface area contributed by atoms with Gasteiger partial charge in [0.05, 0.1) is 6.61 Å². The Balaban J connectivity index is 2.38. The number of sulfonamides is 1. The maximum atomic E-state index is 12.5. The molecule has 0 bridgehead atoms. The van der Waals surface area contributed by atoms with E-state index >= 15 is 0 Å². The van der Waals surface area contributed by atoms with Crippen molar-refractivity contribution in [2.24, 2.45) is 0 Å². The summed E-state index contributed by atoms with van der Waals surface area (Å²) in [6.07, 6.45) is 1.55. The first kappa shape index (κ1) is 15.8. The van der Waals surface area contributed by atoms with Crippen LogP contribution in [0.5, 0.6) is 5.88 Å². The minimum absolute atomic E-state index is 0.166. The van der Waals surface area contributed by atoms with E-state index in [2.05, 4.69) is 25.6 Å². The number of hydrogen-bond acceptors (Lipinski definition) is 4. The largest absolute Gasteiger partial charge is 0.476 e. The van der Waals surface area contributed by atoms with Gasteiger partial charge in [0.15, 0.2) is 0 Å². The van der Waals surface area contributed by atoms with Gasteiger partial charge in [-0.15, -0.1) is 0 Å². The first-order chi connectivity index (χ1) is 9.94. The molecule has 7 heteroatoms. The molecule has 0 atom stereocenters. The van der Waals surface area contributed by atoms with E-state index in [1.54, 1.807) is 36.5 Å². The molecule has 5 nitrogen and oxygen atoms in total. The Morgan fingerprint density at radius 2 is 2.10 bits per heavy atom. The normalized spacial score (nSPS) is 11.2. The van der Waals surface area contributed by atoms with Crippen molar-refractivity contribution < 1.29 is 13.2 Å². The lowest BCUT2D eigenvalue weighted by Crippen LogP contribution is -2.15. The molecule has 2 rings (SSSR count). The second-order valence-corrected chi connectivity index (χ2v) is 6.83. The van der Waals surface area contributed by atoms with E-state index in [9.17, 15) is 8.42 Å². The van der Waals surface area contributed by atoms with E-state index in [0.717, 1.165) is 5.56 Å². The van der Waals surface area contributed by atoms with Gasteiger partial charge in [-0.05, 0) is 59.6 Å². The Labute approximate surface area is 132 Å². The Kier molecular flexibility index (Phi) is 4.84. The molecule has 0 amide bonds. The van der Waals surface area contributed by atoms with Crippen molar-refractivity contribution in [3.8, 4) is 5.88 Å². The van der Waals surface area contributed by atoms with Crippen LogP contribution in [-0.2, 0) is 10.0 Å². The Morgan fingerprint density at radius 1 is 1.33 bits per heavy atom. The summed E-state index contributed by atoms with van der Waals surface area (Å²) >= 11 is 3.28. The number of halogens is 1. The van der Waals surface area contributed by atoms with E-state index < -0.39 is 10.0 Å². The molecule has 0 aliphatic rings. The number of ether oxygens (including phenoxy) is 1. The molecule has 1 N–H and O–H groups in total. The van der Waals surface area contributed by atoms with Crippen LogP contribution in [0.3, 0.4) is 0 Å². The quantitative estimate of drug-likeness (QED) is 0.875. The predicted molar refractivity (Wildman–Crippen MR) is 85.1 cm³/mol. The van der Waals surface area contributed by atoms with Gasteiger partial charge in [-0.2, -0.15) is 0 Å². The van der Waals surface area contributed by atoms with Crippen LogP contribution < -0.4 is 9.46 Å². The van der Waals surface area contributed by atoms with Gasteiger partial charge in [-0.1, -0.05) is 6.07 Å². The summed E-state index contributed by atoms with van der Waals surface area (Å²) in [4.78, 5) is 4.19.